The Hall–Kier alpha value is -3.18. The highest BCUT2D eigenvalue weighted by molar-refractivity contribution is 5.68. The predicted molar refractivity (Wildman–Crippen MR) is 111 cm³/mol. The lowest BCUT2D eigenvalue weighted by Gasteiger charge is -2.39. The van der Waals surface area contributed by atoms with E-state index in [-0.39, 0.29) is 24.1 Å². The minimum absolute atomic E-state index is 0.00360. The number of nitrogens with one attached hydrogen (secondary N) is 2. The fourth-order valence-corrected chi connectivity index (χ4v) is 3.36. The number of hydrogen-bond donors (Lipinski definition) is 2. The zero-order valence-corrected chi connectivity index (χ0v) is 18.5. The number of rotatable bonds is 7. The zero-order chi connectivity index (χ0) is 23.3. The van der Waals surface area contributed by atoms with E-state index >= 15 is 0 Å². The number of aromatic amines is 1. The lowest BCUT2D eigenvalue weighted by atomic mass is 9.98. The van der Waals surface area contributed by atoms with Crippen molar-refractivity contribution < 1.29 is 27.8 Å². The van der Waals surface area contributed by atoms with Crippen LogP contribution in [0.5, 0.6) is 11.8 Å². The highest BCUT2D eigenvalue weighted by Gasteiger charge is 2.34. The number of alkyl halides is 2. The van der Waals surface area contributed by atoms with Gasteiger partial charge in [0.2, 0.25) is 11.8 Å². The van der Waals surface area contributed by atoms with Crippen LogP contribution in [0.4, 0.5) is 25.2 Å². The molecule has 1 amide bonds. The van der Waals surface area contributed by atoms with Gasteiger partial charge in [-0.2, -0.15) is 13.8 Å². The second-order valence-electron chi connectivity index (χ2n) is 8.37. The molecule has 2 aromatic heterocycles. The molecule has 176 valence electrons. The van der Waals surface area contributed by atoms with Gasteiger partial charge in [-0.15, -0.1) is 5.10 Å². The molecule has 3 rings (SSSR count). The molecule has 0 bridgehead atoms. The molecule has 1 aliphatic rings. The fourth-order valence-electron chi connectivity index (χ4n) is 3.36. The molecule has 3 heterocycles. The predicted octanol–water partition coefficient (Wildman–Crippen LogP) is 4.10. The quantitative estimate of drug-likeness (QED) is 0.643. The smallest absolute Gasteiger partial charge is 0.410 e. The molecule has 0 saturated carbocycles. The molecule has 0 aliphatic carbocycles. The Bertz CT molecular complexity index is 904. The second kappa shape index (κ2) is 9.96. The van der Waals surface area contributed by atoms with E-state index in [1.807, 2.05) is 27.7 Å². The van der Waals surface area contributed by atoms with Crippen molar-refractivity contribution in [3.8, 4) is 11.8 Å². The van der Waals surface area contributed by atoms with Crippen molar-refractivity contribution in [3.05, 3.63) is 18.5 Å². The number of amides is 1. The molecule has 1 aliphatic heterocycles. The third-order valence-corrected chi connectivity index (χ3v) is 4.69. The summed E-state index contributed by atoms with van der Waals surface area (Å²) in [6.45, 7) is 5.11. The summed E-state index contributed by atoms with van der Waals surface area (Å²) in [6.07, 6.45) is 4.54. The van der Waals surface area contributed by atoms with E-state index in [0.29, 0.717) is 36.9 Å². The van der Waals surface area contributed by atoms with Crippen LogP contribution in [0, 0.1) is 0 Å². The number of aromatic nitrogens is 4. The maximum absolute atomic E-state index is 12.5. The first-order chi connectivity index (χ1) is 15.1. The third kappa shape index (κ3) is 6.66. The Morgan fingerprint density at radius 3 is 2.81 bits per heavy atom. The number of anilines is 2. The highest BCUT2D eigenvalue weighted by atomic mass is 19.3. The number of halogens is 2. The number of nitrogens with zero attached hydrogens (tertiary/aromatic N) is 4. The summed E-state index contributed by atoms with van der Waals surface area (Å²) in [5, 5.41) is 9.02. The van der Waals surface area contributed by atoms with Gasteiger partial charge in [0, 0.05) is 31.5 Å². The second-order valence-corrected chi connectivity index (χ2v) is 8.37. The van der Waals surface area contributed by atoms with Gasteiger partial charge < -0.3 is 24.4 Å². The fraction of sp³-hybridized carbons (Fsp3) is 0.600. The summed E-state index contributed by atoms with van der Waals surface area (Å²) in [6, 6.07) is 1.27. The van der Waals surface area contributed by atoms with Gasteiger partial charge in [0.1, 0.15) is 17.5 Å². The van der Waals surface area contributed by atoms with Crippen LogP contribution in [-0.2, 0) is 4.74 Å². The van der Waals surface area contributed by atoms with Crippen molar-refractivity contribution in [2.24, 2.45) is 0 Å². The molecule has 2 atom stereocenters. The molecule has 32 heavy (non-hydrogen) atoms. The van der Waals surface area contributed by atoms with Crippen molar-refractivity contribution in [2.75, 3.05) is 11.9 Å². The summed E-state index contributed by atoms with van der Waals surface area (Å²) < 4.78 is 40.3. The van der Waals surface area contributed by atoms with Gasteiger partial charge in [-0.1, -0.05) is 6.92 Å². The highest BCUT2D eigenvalue weighted by Crippen LogP contribution is 2.26. The van der Waals surface area contributed by atoms with Crippen LogP contribution >= 0.6 is 0 Å². The van der Waals surface area contributed by atoms with Crippen molar-refractivity contribution in [1.29, 1.82) is 0 Å². The van der Waals surface area contributed by atoms with Crippen LogP contribution < -0.4 is 14.8 Å². The first kappa shape index (κ1) is 23.5. The zero-order valence-electron chi connectivity index (χ0n) is 18.5. The minimum Gasteiger partial charge on any atom is -0.473 e. The standard InChI is InChI=1S/C20H28F2N6O4/c1-5-12-8-13(6-7-28(12)19(29)32-20(2,3)4)30-17-11-23-10-15(25-17)24-14-9-16(27-26-14)31-18(21)22/h9-13,18H,5-8H2,1-4H3,(H2,24,25,26,27)/t12-,13+/m0/s1. The van der Waals surface area contributed by atoms with Crippen LogP contribution in [0.1, 0.15) is 47.0 Å². The molecule has 1 saturated heterocycles. The van der Waals surface area contributed by atoms with Crippen LogP contribution in [0.3, 0.4) is 0 Å². The van der Waals surface area contributed by atoms with Gasteiger partial charge in [-0.3, -0.25) is 10.1 Å². The maximum Gasteiger partial charge on any atom is 0.410 e. The Morgan fingerprint density at radius 1 is 1.34 bits per heavy atom. The number of carbonyl (C=O) groups excluding carboxylic acids is 1. The van der Waals surface area contributed by atoms with Crippen LogP contribution in [0.2, 0.25) is 0 Å². The maximum atomic E-state index is 12.5. The van der Waals surface area contributed by atoms with Crippen LogP contribution in [-0.4, -0.2) is 62.1 Å². The topological polar surface area (TPSA) is 114 Å². The number of H-pyrrole nitrogens is 1. The molecule has 0 radical (unpaired) electrons. The summed E-state index contributed by atoms with van der Waals surface area (Å²) in [5.74, 6) is 0.714. The largest absolute Gasteiger partial charge is 0.473 e. The van der Waals surface area contributed by atoms with Crippen molar-refractivity contribution in [2.45, 2.75) is 71.3 Å². The number of likely N-dealkylation sites (tertiary alicyclic amines) is 1. The molecule has 10 nitrogen and oxygen atoms in total. The van der Waals surface area contributed by atoms with Gasteiger partial charge >= 0.3 is 12.7 Å². The van der Waals surface area contributed by atoms with E-state index in [4.69, 9.17) is 9.47 Å². The van der Waals surface area contributed by atoms with E-state index in [9.17, 15) is 13.6 Å². The molecular weight excluding hydrogens is 426 g/mol. The lowest BCUT2D eigenvalue weighted by Crippen LogP contribution is -2.50. The summed E-state index contributed by atoms with van der Waals surface area (Å²) in [4.78, 5) is 22.7. The SMILES string of the molecule is CC[C@H]1C[C@H](Oc2cncc(Nc3cc(OC(F)F)n[nH]3)n2)CCN1C(=O)OC(C)(C)C. The summed E-state index contributed by atoms with van der Waals surface area (Å²) in [5.41, 5.74) is -0.549. The van der Waals surface area contributed by atoms with Gasteiger partial charge in [-0.25, -0.2) is 4.79 Å². The van der Waals surface area contributed by atoms with Crippen molar-refractivity contribution in [1.82, 2.24) is 25.1 Å². The normalized spacial score (nSPS) is 19.0. The van der Waals surface area contributed by atoms with E-state index in [2.05, 4.69) is 30.2 Å². The molecule has 0 unspecified atom stereocenters. The Kier molecular flexibility index (Phi) is 7.31. The van der Waals surface area contributed by atoms with Gasteiger partial charge in [0.05, 0.1) is 12.4 Å². The number of piperidine rings is 1. The molecule has 2 N–H and O–H groups in total. The summed E-state index contributed by atoms with van der Waals surface area (Å²) >= 11 is 0. The molecule has 1 fully saturated rings. The van der Waals surface area contributed by atoms with E-state index in [1.165, 1.54) is 18.5 Å². The summed E-state index contributed by atoms with van der Waals surface area (Å²) in [7, 11) is 0. The Labute approximate surface area is 184 Å². The molecule has 12 heteroatoms. The third-order valence-electron chi connectivity index (χ3n) is 4.69. The molecule has 0 spiro atoms. The van der Waals surface area contributed by atoms with Crippen molar-refractivity contribution in [3.63, 3.8) is 0 Å². The van der Waals surface area contributed by atoms with E-state index < -0.39 is 12.2 Å². The minimum atomic E-state index is -2.96. The molecule has 0 aromatic carbocycles. The van der Waals surface area contributed by atoms with E-state index in [1.54, 1.807) is 4.90 Å². The average Bonchev–Trinajstić information content (AvgIpc) is 3.12. The van der Waals surface area contributed by atoms with Crippen molar-refractivity contribution >= 4 is 17.7 Å². The lowest BCUT2D eigenvalue weighted by molar-refractivity contribution is -0.0528. The average molecular weight is 454 g/mol. The molecular formula is C20H28F2N6O4. The number of carbonyl (C=O) groups is 1. The Balaban J connectivity index is 1.58. The monoisotopic (exact) mass is 454 g/mol. The van der Waals surface area contributed by atoms with Gasteiger partial charge in [0.25, 0.3) is 0 Å². The first-order valence-electron chi connectivity index (χ1n) is 10.4. The van der Waals surface area contributed by atoms with Gasteiger partial charge in [-0.05, 0) is 27.2 Å². The number of hydrogen-bond acceptors (Lipinski definition) is 8. The molecule has 2 aromatic rings. The first-order valence-corrected chi connectivity index (χ1v) is 10.4. The van der Waals surface area contributed by atoms with Crippen LogP contribution in [0.15, 0.2) is 18.5 Å². The Morgan fingerprint density at radius 2 is 2.12 bits per heavy atom. The van der Waals surface area contributed by atoms with Gasteiger partial charge in [0.15, 0.2) is 5.82 Å². The van der Waals surface area contributed by atoms with Crippen LogP contribution in [0.25, 0.3) is 0 Å². The van der Waals surface area contributed by atoms with E-state index in [0.717, 1.165) is 6.42 Å². The number of ether oxygens (including phenoxy) is 3.